The van der Waals surface area contributed by atoms with Gasteiger partial charge >= 0.3 is 0 Å². The van der Waals surface area contributed by atoms with Crippen LogP contribution in [0.5, 0.6) is 0 Å². The van der Waals surface area contributed by atoms with Crippen molar-refractivity contribution in [3.8, 4) is 0 Å². The van der Waals surface area contributed by atoms with Gasteiger partial charge in [0.05, 0.1) is 8.80 Å². The fourth-order valence-electron chi connectivity index (χ4n) is 4.53. The van der Waals surface area contributed by atoms with Gasteiger partial charge < -0.3 is 0 Å². The molecule has 0 saturated heterocycles. The first-order valence-electron chi connectivity index (χ1n) is 9.83. The molecule has 0 nitrogen and oxygen atoms in total. The van der Waals surface area contributed by atoms with E-state index < -0.39 is 8.80 Å². The quantitative estimate of drug-likeness (QED) is 0.487. The van der Waals surface area contributed by atoms with E-state index in [2.05, 4.69) is 103 Å². The van der Waals surface area contributed by atoms with Crippen LogP contribution in [0.4, 0.5) is 0 Å². The minimum atomic E-state index is -0.674. The first-order valence-corrected chi connectivity index (χ1v) is 11.7. The van der Waals surface area contributed by atoms with Crippen molar-refractivity contribution in [3.05, 3.63) is 113 Å². The lowest BCUT2D eigenvalue weighted by atomic mass is 10.0. The van der Waals surface area contributed by atoms with E-state index >= 15 is 0 Å². The van der Waals surface area contributed by atoms with Gasteiger partial charge in [-0.2, -0.15) is 0 Å². The van der Waals surface area contributed by atoms with Crippen molar-refractivity contribution in [2.45, 2.75) is 23.9 Å². The van der Waals surface area contributed by atoms with Crippen molar-refractivity contribution in [1.29, 1.82) is 0 Å². The maximum absolute atomic E-state index is 2.43. The molecule has 131 valence electrons. The van der Waals surface area contributed by atoms with Crippen molar-refractivity contribution in [2.24, 2.45) is 0 Å². The monoisotopic (exact) mass is 363 g/mol. The molecule has 3 aromatic rings. The van der Waals surface area contributed by atoms with Crippen molar-refractivity contribution in [2.75, 3.05) is 0 Å². The van der Waals surface area contributed by atoms with Gasteiger partial charge in [-0.25, -0.2) is 0 Å². The Morgan fingerprint density at radius 1 is 0.556 bits per heavy atom. The predicted octanol–water partition coefficient (Wildman–Crippen LogP) is 6.01. The lowest BCUT2D eigenvalue weighted by Gasteiger charge is -2.23. The standard InChI is InChI=1S/C26H23Si/c1-2-10-24(11-3-1)27(18-22-16-14-20-8-4-6-12-25(20)22)19-23-17-15-21-9-5-7-13-26(21)23/h1-17,22-23H,18-19H2. The van der Waals surface area contributed by atoms with Gasteiger partial charge in [-0.15, -0.1) is 0 Å². The maximum Gasteiger partial charge on any atom is 0.0875 e. The van der Waals surface area contributed by atoms with Gasteiger partial charge in [0, 0.05) is 11.8 Å². The molecule has 3 aromatic carbocycles. The van der Waals surface area contributed by atoms with Crippen molar-refractivity contribution in [1.82, 2.24) is 0 Å². The van der Waals surface area contributed by atoms with E-state index in [1.54, 1.807) is 5.19 Å². The number of allylic oxidation sites excluding steroid dienone is 2. The van der Waals surface area contributed by atoms with Crippen molar-refractivity contribution >= 4 is 26.1 Å². The van der Waals surface area contributed by atoms with E-state index in [0.29, 0.717) is 11.8 Å². The predicted molar refractivity (Wildman–Crippen MR) is 118 cm³/mol. The molecule has 5 rings (SSSR count). The van der Waals surface area contributed by atoms with Crippen LogP contribution >= 0.6 is 0 Å². The molecule has 0 heterocycles. The van der Waals surface area contributed by atoms with Crippen LogP contribution in [0.25, 0.3) is 12.2 Å². The van der Waals surface area contributed by atoms with E-state index in [1.165, 1.54) is 34.3 Å². The third-order valence-corrected chi connectivity index (χ3v) is 8.94. The van der Waals surface area contributed by atoms with E-state index in [-0.39, 0.29) is 0 Å². The molecule has 0 spiro atoms. The van der Waals surface area contributed by atoms with Gasteiger partial charge in [-0.1, -0.05) is 108 Å². The minimum Gasteiger partial charge on any atom is -0.0767 e. The van der Waals surface area contributed by atoms with E-state index in [1.807, 2.05) is 0 Å². The lowest BCUT2D eigenvalue weighted by molar-refractivity contribution is 0.925. The van der Waals surface area contributed by atoms with E-state index in [9.17, 15) is 0 Å². The number of rotatable bonds is 5. The fraction of sp³-hybridized carbons (Fsp3) is 0.154. The second-order valence-electron chi connectivity index (χ2n) is 7.57. The molecule has 0 aliphatic heterocycles. The van der Waals surface area contributed by atoms with Crippen LogP contribution in [-0.4, -0.2) is 8.80 Å². The summed E-state index contributed by atoms with van der Waals surface area (Å²) in [4.78, 5) is 0. The number of hydrogen-bond acceptors (Lipinski definition) is 0. The van der Waals surface area contributed by atoms with Crippen LogP contribution in [0.15, 0.2) is 91.0 Å². The highest BCUT2D eigenvalue weighted by Crippen LogP contribution is 2.38. The smallest absolute Gasteiger partial charge is 0.0767 e. The topological polar surface area (TPSA) is 0 Å². The summed E-state index contributed by atoms with van der Waals surface area (Å²) in [7, 11) is -0.674. The molecule has 0 fully saturated rings. The summed E-state index contributed by atoms with van der Waals surface area (Å²) in [5.74, 6) is 1.13. The Bertz CT molecular complexity index is 936. The van der Waals surface area contributed by atoms with Crippen LogP contribution in [0.3, 0.4) is 0 Å². The summed E-state index contributed by atoms with van der Waals surface area (Å²) >= 11 is 0. The Morgan fingerprint density at radius 3 is 1.59 bits per heavy atom. The summed E-state index contributed by atoms with van der Waals surface area (Å²) in [6, 6.07) is 31.6. The zero-order chi connectivity index (χ0) is 18.1. The molecule has 2 aliphatic rings. The Hall–Kier alpha value is -2.64. The van der Waals surface area contributed by atoms with Crippen LogP contribution in [-0.2, 0) is 0 Å². The Kier molecular flexibility index (Phi) is 4.39. The number of benzene rings is 3. The highest BCUT2D eigenvalue weighted by molar-refractivity contribution is 6.73. The van der Waals surface area contributed by atoms with Gasteiger partial charge in [0.25, 0.3) is 0 Å². The molecule has 0 amide bonds. The first kappa shape index (κ1) is 16.5. The third kappa shape index (κ3) is 3.24. The maximum atomic E-state index is 2.43. The average molecular weight is 364 g/mol. The fourth-order valence-corrected chi connectivity index (χ4v) is 7.60. The van der Waals surface area contributed by atoms with Gasteiger partial charge in [0.2, 0.25) is 0 Å². The first-order chi connectivity index (χ1) is 13.4. The molecule has 2 atom stereocenters. The average Bonchev–Trinajstić information content (AvgIpc) is 3.33. The number of fused-ring (bicyclic) bond motifs is 2. The van der Waals surface area contributed by atoms with Crippen LogP contribution < -0.4 is 5.19 Å². The summed E-state index contributed by atoms with van der Waals surface area (Å²) in [6.45, 7) is 0. The number of hydrogen-bond donors (Lipinski definition) is 0. The Balaban J connectivity index is 1.43. The van der Waals surface area contributed by atoms with E-state index in [0.717, 1.165) is 0 Å². The Labute approximate surface area is 163 Å². The zero-order valence-electron chi connectivity index (χ0n) is 15.4. The lowest BCUT2D eigenvalue weighted by Crippen LogP contribution is -2.32. The normalized spacial score (nSPS) is 19.4. The molecule has 1 radical (unpaired) electrons. The minimum absolute atomic E-state index is 0.566. The highest BCUT2D eigenvalue weighted by atomic mass is 28.3. The summed E-state index contributed by atoms with van der Waals surface area (Å²) in [6.07, 6.45) is 9.48. The van der Waals surface area contributed by atoms with Gasteiger partial charge in [0.15, 0.2) is 0 Å². The molecule has 27 heavy (non-hydrogen) atoms. The SMILES string of the molecule is C1=CC(C[Si](CC2C=Cc3ccccc32)c2ccccc2)c2ccccc21. The molecular formula is C26H23Si. The van der Waals surface area contributed by atoms with Crippen LogP contribution in [0.1, 0.15) is 34.1 Å². The molecule has 0 N–H and O–H groups in total. The van der Waals surface area contributed by atoms with Crippen LogP contribution in [0.2, 0.25) is 12.1 Å². The molecular weight excluding hydrogens is 340 g/mol. The largest absolute Gasteiger partial charge is 0.0875 e. The Morgan fingerprint density at radius 2 is 1.04 bits per heavy atom. The van der Waals surface area contributed by atoms with Crippen molar-refractivity contribution < 1.29 is 0 Å². The molecule has 0 bridgehead atoms. The van der Waals surface area contributed by atoms with Gasteiger partial charge in [0.1, 0.15) is 0 Å². The summed E-state index contributed by atoms with van der Waals surface area (Å²) in [5, 5.41) is 1.57. The summed E-state index contributed by atoms with van der Waals surface area (Å²) < 4.78 is 0. The van der Waals surface area contributed by atoms with E-state index in [4.69, 9.17) is 0 Å². The molecule has 1 heteroatoms. The summed E-state index contributed by atoms with van der Waals surface area (Å²) in [5.41, 5.74) is 5.84. The van der Waals surface area contributed by atoms with Crippen LogP contribution in [0, 0.1) is 0 Å². The molecule has 0 aromatic heterocycles. The second-order valence-corrected chi connectivity index (χ2v) is 10.2. The molecule has 2 unspecified atom stereocenters. The highest BCUT2D eigenvalue weighted by Gasteiger charge is 2.27. The molecule has 2 aliphatic carbocycles. The second kappa shape index (κ2) is 7.17. The van der Waals surface area contributed by atoms with Gasteiger partial charge in [-0.05, 0) is 34.3 Å². The van der Waals surface area contributed by atoms with Crippen molar-refractivity contribution in [3.63, 3.8) is 0 Å². The zero-order valence-corrected chi connectivity index (χ0v) is 16.4. The molecule has 0 saturated carbocycles. The third-order valence-electron chi connectivity index (χ3n) is 5.92. The van der Waals surface area contributed by atoms with Gasteiger partial charge in [-0.3, -0.25) is 0 Å².